The highest BCUT2D eigenvalue weighted by atomic mass is 16.6. The lowest BCUT2D eigenvalue weighted by molar-refractivity contribution is -0.383. The van der Waals surface area contributed by atoms with Crippen LogP contribution in [0, 0.1) is 17.0 Å². The minimum Gasteiger partial charge on any atom is -0.378 e. The van der Waals surface area contributed by atoms with E-state index >= 15 is 0 Å². The molecular weight excluding hydrogens is 348 g/mol. The normalized spacial score (nSPS) is 14.3. The van der Waals surface area contributed by atoms with Crippen molar-refractivity contribution < 1.29 is 9.66 Å². The topological polar surface area (TPSA) is 106 Å². The van der Waals surface area contributed by atoms with Gasteiger partial charge in [-0.1, -0.05) is 18.2 Å². The molecule has 1 N–H and O–H groups in total. The lowest BCUT2D eigenvalue weighted by Gasteiger charge is -2.27. The second-order valence-corrected chi connectivity index (χ2v) is 6.21. The first-order valence-corrected chi connectivity index (χ1v) is 8.59. The fraction of sp³-hybridized carbons (Fsp3) is 0.278. The van der Waals surface area contributed by atoms with E-state index in [0.717, 1.165) is 16.6 Å². The quantitative estimate of drug-likeness (QED) is 0.555. The van der Waals surface area contributed by atoms with E-state index in [1.807, 2.05) is 42.2 Å². The van der Waals surface area contributed by atoms with Gasteiger partial charge in [0.05, 0.1) is 29.3 Å². The Labute approximate surface area is 155 Å². The number of aryl methyl sites for hydroxylation is 1. The van der Waals surface area contributed by atoms with E-state index in [2.05, 4.69) is 20.3 Å². The first kappa shape index (κ1) is 17.1. The first-order chi connectivity index (χ1) is 13.1. The highest BCUT2D eigenvalue weighted by Gasteiger charge is 2.28. The molecule has 1 aliphatic heterocycles. The molecular formula is C18H18N6O3. The van der Waals surface area contributed by atoms with Crippen LogP contribution < -0.4 is 10.2 Å². The van der Waals surface area contributed by atoms with Gasteiger partial charge in [-0.3, -0.25) is 15.1 Å². The Morgan fingerprint density at radius 2 is 2.00 bits per heavy atom. The molecule has 1 aliphatic rings. The molecule has 2 aromatic heterocycles. The van der Waals surface area contributed by atoms with Crippen molar-refractivity contribution in [2.75, 3.05) is 36.5 Å². The van der Waals surface area contributed by atoms with Crippen LogP contribution in [-0.4, -0.2) is 46.2 Å². The number of ether oxygens (including phenoxy) is 1. The molecule has 3 heterocycles. The Kier molecular flexibility index (Phi) is 4.51. The predicted molar refractivity (Wildman–Crippen MR) is 101 cm³/mol. The van der Waals surface area contributed by atoms with E-state index in [1.165, 1.54) is 6.33 Å². The third kappa shape index (κ3) is 3.36. The van der Waals surface area contributed by atoms with Gasteiger partial charge in [0.15, 0.2) is 0 Å². The minimum absolute atomic E-state index is 0.146. The van der Waals surface area contributed by atoms with Crippen molar-refractivity contribution in [3.05, 3.63) is 52.5 Å². The third-order valence-corrected chi connectivity index (χ3v) is 4.41. The zero-order valence-corrected chi connectivity index (χ0v) is 14.8. The number of rotatable bonds is 4. The van der Waals surface area contributed by atoms with Crippen LogP contribution in [0.3, 0.4) is 0 Å². The molecule has 0 unspecified atom stereocenters. The number of nitrogens with zero attached hydrogens (tertiary/aromatic N) is 5. The van der Waals surface area contributed by atoms with Gasteiger partial charge < -0.3 is 15.0 Å². The van der Waals surface area contributed by atoms with E-state index in [4.69, 9.17) is 4.74 Å². The number of nitrogens with one attached hydrogen (secondary N) is 1. The Bertz CT molecular complexity index is 1000. The van der Waals surface area contributed by atoms with Crippen molar-refractivity contribution >= 4 is 33.9 Å². The van der Waals surface area contributed by atoms with E-state index in [9.17, 15) is 10.1 Å². The van der Waals surface area contributed by atoms with Crippen LogP contribution in [0.2, 0.25) is 0 Å². The van der Waals surface area contributed by atoms with Crippen molar-refractivity contribution in [1.29, 1.82) is 0 Å². The van der Waals surface area contributed by atoms with E-state index in [-0.39, 0.29) is 11.5 Å². The summed E-state index contributed by atoms with van der Waals surface area (Å²) in [5.41, 5.74) is 2.11. The predicted octanol–water partition coefficient (Wildman–Crippen LogP) is 2.82. The molecule has 0 aliphatic carbocycles. The van der Waals surface area contributed by atoms with Gasteiger partial charge in [0.2, 0.25) is 11.6 Å². The summed E-state index contributed by atoms with van der Waals surface area (Å²) < 4.78 is 5.33. The minimum atomic E-state index is -0.447. The summed E-state index contributed by atoms with van der Waals surface area (Å²) in [5.74, 6) is 0.442. The van der Waals surface area contributed by atoms with Crippen molar-refractivity contribution in [3.63, 3.8) is 0 Å². The summed E-state index contributed by atoms with van der Waals surface area (Å²) in [4.78, 5) is 26.1. The van der Waals surface area contributed by atoms with Crippen LogP contribution in [0.5, 0.6) is 0 Å². The highest BCUT2D eigenvalue weighted by Crippen LogP contribution is 2.35. The molecule has 3 aromatic rings. The lowest BCUT2D eigenvalue weighted by Crippen LogP contribution is -2.37. The van der Waals surface area contributed by atoms with Crippen molar-refractivity contribution in [1.82, 2.24) is 15.0 Å². The average molecular weight is 366 g/mol. The van der Waals surface area contributed by atoms with Gasteiger partial charge in [0.25, 0.3) is 0 Å². The Balaban J connectivity index is 1.78. The molecule has 138 valence electrons. The van der Waals surface area contributed by atoms with Crippen LogP contribution in [-0.2, 0) is 4.74 Å². The third-order valence-electron chi connectivity index (χ3n) is 4.41. The number of anilines is 3. The fourth-order valence-corrected chi connectivity index (χ4v) is 3.11. The monoisotopic (exact) mass is 366 g/mol. The van der Waals surface area contributed by atoms with Gasteiger partial charge in [-0.2, -0.15) is 0 Å². The second kappa shape index (κ2) is 7.12. The number of fused-ring (bicyclic) bond motifs is 1. The number of aromatic nitrogens is 3. The van der Waals surface area contributed by atoms with Gasteiger partial charge in [0.1, 0.15) is 6.33 Å². The molecule has 1 saturated heterocycles. The van der Waals surface area contributed by atoms with Gasteiger partial charge in [0, 0.05) is 24.2 Å². The van der Waals surface area contributed by atoms with E-state index < -0.39 is 4.92 Å². The van der Waals surface area contributed by atoms with Gasteiger partial charge >= 0.3 is 5.69 Å². The van der Waals surface area contributed by atoms with Crippen LogP contribution >= 0.6 is 0 Å². The zero-order chi connectivity index (χ0) is 18.8. The summed E-state index contributed by atoms with van der Waals surface area (Å²) in [5, 5.41) is 15.8. The number of benzene rings is 1. The number of morpholine rings is 1. The lowest BCUT2D eigenvalue weighted by atomic mass is 10.1. The molecule has 0 atom stereocenters. The van der Waals surface area contributed by atoms with Crippen LogP contribution in [0.4, 0.5) is 23.0 Å². The molecule has 9 heteroatoms. The SMILES string of the molecule is Cc1ccc2cccc(Nc3ncnc(N4CCOCC4)c3[N+](=O)[O-])c2n1. The molecule has 0 amide bonds. The van der Waals surface area contributed by atoms with Crippen LogP contribution in [0.1, 0.15) is 5.69 Å². The molecule has 0 spiro atoms. The number of hydrogen-bond acceptors (Lipinski definition) is 8. The first-order valence-electron chi connectivity index (χ1n) is 8.59. The van der Waals surface area contributed by atoms with Crippen molar-refractivity contribution in [2.24, 2.45) is 0 Å². The van der Waals surface area contributed by atoms with Gasteiger partial charge in [-0.05, 0) is 19.1 Å². The van der Waals surface area contributed by atoms with Gasteiger partial charge in [-0.25, -0.2) is 9.97 Å². The van der Waals surface area contributed by atoms with Crippen LogP contribution in [0.15, 0.2) is 36.7 Å². The summed E-state index contributed by atoms with van der Waals surface area (Å²) in [6.45, 7) is 4.02. The Morgan fingerprint density at radius 1 is 1.19 bits per heavy atom. The fourth-order valence-electron chi connectivity index (χ4n) is 3.11. The number of para-hydroxylation sites is 1. The molecule has 27 heavy (non-hydrogen) atoms. The second-order valence-electron chi connectivity index (χ2n) is 6.21. The molecule has 1 fully saturated rings. The van der Waals surface area contributed by atoms with Crippen molar-refractivity contribution in [2.45, 2.75) is 6.92 Å². The maximum absolute atomic E-state index is 11.8. The maximum atomic E-state index is 11.8. The molecule has 0 radical (unpaired) electrons. The Hall–Kier alpha value is -3.33. The van der Waals surface area contributed by atoms with E-state index in [0.29, 0.717) is 37.8 Å². The smallest absolute Gasteiger partial charge is 0.353 e. The number of pyridine rings is 1. The highest BCUT2D eigenvalue weighted by molar-refractivity contribution is 5.93. The molecule has 0 saturated carbocycles. The van der Waals surface area contributed by atoms with E-state index in [1.54, 1.807) is 0 Å². The largest absolute Gasteiger partial charge is 0.378 e. The summed E-state index contributed by atoms with van der Waals surface area (Å²) >= 11 is 0. The Morgan fingerprint density at radius 3 is 2.78 bits per heavy atom. The molecule has 9 nitrogen and oxygen atoms in total. The molecule has 1 aromatic carbocycles. The standard InChI is InChI=1S/C18H18N6O3/c1-12-5-6-13-3-2-4-14(15(13)21-12)22-17-16(24(25)26)18(20-11-19-17)23-7-9-27-10-8-23/h2-6,11H,7-10H2,1H3,(H,19,20,22). The number of hydrogen-bond donors (Lipinski definition) is 1. The zero-order valence-electron chi connectivity index (χ0n) is 14.8. The molecule has 4 rings (SSSR count). The summed E-state index contributed by atoms with van der Waals surface area (Å²) in [7, 11) is 0. The number of nitro groups is 1. The summed E-state index contributed by atoms with van der Waals surface area (Å²) in [6.07, 6.45) is 1.34. The van der Waals surface area contributed by atoms with Crippen molar-refractivity contribution in [3.8, 4) is 0 Å². The van der Waals surface area contributed by atoms with Crippen LogP contribution in [0.25, 0.3) is 10.9 Å². The molecule has 0 bridgehead atoms. The summed E-state index contributed by atoms with van der Waals surface area (Å²) in [6, 6.07) is 9.54. The average Bonchev–Trinajstić information content (AvgIpc) is 2.69. The van der Waals surface area contributed by atoms with Gasteiger partial charge in [-0.15, -0.1) is 0 Å². The maximum Gasteiger partial charge on any atom is 0.353 e.